The van der Waals surface area contributed by atoms with Gasteiger partial charge in [-0.05, 0) is 32.1 Å². The number of para-hydroxylation sites is 1. The van der Waals surface area contributed by atoms with Gasteiger partial charge in [-0.1, -0.05) is 6.07 Å². The van der Waals surface area contributed by atoms with E-state index in [9.17, 15) is 4.79 Å². The summed E-state index contributed by atoms with van der Waals surface area (Å²) in [6.07, 6.45) is 0.823. The maximum Gasteiger partial charge on any atom is 0.238 e. The normalized spacial score (nSPS) is 18.5. The maximum atomic E-state index is 11.9. The molecule has 0 bridgehead atoms. The molecule has 0 aromatic heterocycles. The van der Waals surface area contributed by atoms with Crippen molar-refractivity contribution in [3.05, 3.63) is 18.2 Å². The van der Waals surface area contributed by atoms with Gasteiger partial charge in [0.05, 0.1) is 18.0 Å². The number of anilines is 1. The highest BCUT2D eigenvalue weighted by atomic mass is 32.2. The second-order valence-electron chi connectivity index (χ2n) is 3.82. The van der Waals surface area contributed by atoms with Crippen molar-refractivity contribution < 1.29 is 9.53 Å². The molecule has 1 aliphatic rings. The number of nitrogens with one attached hydrogen (secondary N) is 2. The molecule has 2 N–H and O–H groups in total. The number of thioether (sulfide) groups is 1. The first-order valence-corrected chi connectivity index (χ1v) is 6.43. The van der Waals surface area contributed by atoms with Gasteiger partial charge >= 0.3 is 0 Å². The van der Waals surface area contributed by atoms with Crippen molar-refractivity contribution in [2.45, 2.75) is 16.6 Å². The van der Waals surface area contributed by atoms with Crippen molar-refractivity contribution in [3.8, 4) is 5.75 Å². The van der Waals surface area contributed by atoms with E-state index in [0.717, 1.165) is 29.3 Å². The quantitative estimate of drug-likeness (QED) is 0.856. The zero-order valence-corrected chi connectivity index (χ0v) is 10.8. The Morgan fingerprint density at radius 3 is 3.06 bits per heavy atom. The van der Waals surface area contributed by atoms with Crippen LogP contribution in [-0.2, 0) is 4.79 Å². The lowest BCUT2D eigenvalue weighted by molar-refractivity contribution is -0.115. The molecule has 1 amide bonds. The van der Waals surface area contributed by atoms with Gasteiger partial charge in [0.2, 0.25) is 5.91 Å². The maximum absolute atomic E-state index is 11.9. The Kier molecular flexibility index (Phi) is 3.91. The molecular weight excluding hydrogens is 236 g/mol. The van der Waals surface area contributed by atoms with Crippen LogP contribution in [-0.4, -0.2) is 31.9 Å². The third kappa shape index (κ3) is 2.56. The molecule has 92 valence electrons. The fourth-order valence-corrected chi connectivity index (χ4v) is 2.91. The highest BCUT2D eigenvalue weighted by molar-refractivity contribution is 8.01. The van der Waals surface area contributed by atoms with Gasteiger partial charge in [0, 0.05) is 4.90 Å². The molecule has 0 radical (unpaired) electrons. The van der Waals surface area contributed by atoms with Crippen molar-refractivity contribution in [1.82, 2.24) is 5.32 Å². The first-order valence-electron chi connectivity index (χ1n) is 5.55. The number of fused-ring (bicyclic) bond motifs is 1. The summed E-state index contributed by atoms with van der Waals surface area (Å²) >= 11 is 1.60. The van der Waals surface area contributed by atoms with Crippen LogP contribution in [0.2, 0.25) is 0 Å². The molecule has 1 aliphatic heterocycles. The van der Waals surface area contributed by atoms with E-state index in [1.807, 2.05) is 25.2 Å². The van der Waals surface area contributed by atoms with Crippen LogP contribution in [0.4, 0.5) is 5.69 Å². The first kappa shape index (κ1) is 12.3. The Hall–Kier alpha value is -1.20. The van der Waals surface area contributed by atoms with E-state index in [1.54, 1.807) is 18.9 Å². The predicted octanol–water partition coefficient (Wildman–Crippen LogP) is 1.72. The average molecular weight is 252 g/mol. The molecule has 0 spiro atoms. The molecule has 4 nitrogen and oxygen atoms in total. The molecule has 1 atom stereocenters. The SMILES string of the molecule is CNCCC1Sc2cccc(OC)c2NC1=O. The fraction of sp³-hybridized carbons (Fsp3) is 0.417. The average Bonchev–Trinajstić information content (AvgIpc) is 2.35. The number of amides is 1. The summed E-state index contributed by atoms with van der Waals surface area (Å²) in [5, 5.41) is 5.96. The number of benzene rings is 1. The summed E-state index contributed by atoms with van der Waals surface area (Å²) < 4.78 is 5.24. The monoisotopic (exact) mass is 252 g/mol. The summed E-state index contributed by atoms with van der Waals surface area (Å²) in [6, 6.07) is 5.80. The number of methoxy groups -OCH3 is 1. The molecule has 1 heterocycles. The van der Waals surface area contributed by atoms with E-state index in [1.165, 1.54) is 0 Å². The molecular formula is C12H16N2O2S. The van der Waals surface area contributed by atoms with Gasteiger partial charge in [0.25, 0.3) is 0 Å². The standard InChI is InChI=1S/C12H16N2O2S/c1-13-7-6-10-12(15)14-11-8(16-2)4-3-5-9(11)17-10/h3-5,10,13H,6-7H2,1-2H3,(H,14,15). The van der Waals surface area contributed by atoms with E-state index in [2.05, 4.69) is 10.6 Å². The van der Waals surface area contributed by atoms with Gasteiger partial charge in [-0.25, -0.2) is 0 Å². The van der Waals surface area contributed by atoms with Gasteiger partial charge in [-0.15, -0.1) is 11.8 Å². The second-order valence-corrected chi connectivity index (χ2v) is 5.07. The Morgan fingerprint density at radius 2 is 2.35 bits per heavy atom. The lowest BCUT2D eigenvalue weighted by Gasteiger charge is -2.25. The van der Waals surface area contributed by atoms with Crippen molar-refractivity contribution in [1.29, 1.82) is 0 Å². The van der Waals surface area contributed by atoms with Gasteiger partial charge in [-0.3, -0.25) is 4.79 Å². The van der Waals surface area contributed by atoms with Crippen molar-refractivity contribution >= 4 is 23.4 Å². The first-order chi connectivity index (χ1) is 8.26. The van der Waals surface area contributed by atoms with Crippen LogP contribution >= 0.6 is 11.8 Å². The van der Waals surface area contributed by atoms with E-state index in [-0.39, 0.29) is 11.2 Å². The molecule has 5 heteroatoms. The van der Waals surface area contributed by atoms with Gasteiger partial charge < -0.3 is 15.4 Å². The minimum absolute atomic E-state index is 0.0259. The lowest BCUT2D eigenvalue weighted by atomic mass is 10.2. The minimum Gasteiger partial charge on any atom is -0.495 e. The van der Waals surface area contributed by atoms with Gasteiger partial charge in [0.1, 0.15) is 5.75 Å². The summed E-state index contributed by atoms with van der Waals surface area (Å²) in [5.41, 5.74) is 0.797. The number of carbonyl (C=O) groups is 1. The third-order valence-electron chi connectivity index (χ3n) is 2.67. The van der Waals surface area contributed by atoms with Crippen LogP contribution in [0.1, 0.15) is 6.42 Å². The molecule has 0 aliphatic carbocycles. The molecule has 2 rings (SSSR count). The number of rotatable bonds is 4. The van der Waals surface area contributed by atoms with Crippen LogP contribution in [0, 0.1) is 0 Å². The van der Waals surface area contributed by atoms with E-state index >= 15 is 0 Å². The van der Waals surface area contributed by atoms with E-state index in [4.69, 9.17) is 4.74 Å². The molecule has 17 heavy (non-hydrogen) atoms. The number of hydrogen-bond acceptors (Lipinski definition) is 4. The number of ether oxygens (including phenoxy) is 1. The lowest BCUT2D eigenvalue weighted by Crippen LogP contribution is -2.31. The predicted molar refractivity (Wildman–Crippen MR) is 69.8 cm³/mol. The summed E-state index contributed by atoms with van der Waals surface area (Å²) in [7, 11) is 3.50. The Morgan fingerprint density at radius 1 is 1.53 bits per heavy atom. The summed E-state index contributed by atoms with van der Waals surface area (Å²) in [5.74, 6) is 0.776. The van der Waals surface area contributed by atoms with E-state index < -0.39 is 0 Å². The van der Waals surface area contributed by atoms with Gasteiger partial charge in [0.15, 0.2) is 0 Å². The molecule has 1 unspecified atom stereocenters. The topological polar surface area (TPSA) is 50.4 Å². The number of hydrogen-bond donors (Lipinski definition) is 2. The van der Waals surface area contributed by atoms with Crippen LogP contribution < -0.4 is 15.4 Å². The fourth-order valence-electron chi connectivity index (χ4n) is 1.78. The van der Waals surface area contributed by atoms with Crippen molar-refractivity contribution in [2.24, 2.45) is 0 Å². The van der Waals surface area contributed by atoms with Crippen LogP contribution in [0.25, 0.3) is 0 Å². The second kappa shape index (κ2) is 5.42. The van der Waals surface area contributed by atoms with Crippen molar-refractivity contribution in [3.63, 3.8) is 0 Å². The molecule has 1 aromatic carbocycles. The zero-order valence-electron chi connectivity index (χ0n) is 9.95. The third-order valence-corrected chi connectivity index (χ3v) is 4.00. The summed E-state index contributed by atoms with van der Waals surface area (Å²) in [4.78, 5) is 13.0. The van der Waals surface area contributed by atoms with E-state index in [0.29, 0.717) is 0 Å². The van der Waals surface area contributed by atoms with Crippen LogP contribution in [0.3, 0.4) is 0 Å². The molecule has 0 saturated heterocycles. The zero-order chi connectivity index (χ0) is 12.3. The van der Waals surface area contributed by atoms with Crippen LogP contribution in [0.5, 0.6) is 5.75 Å². The Balaban J connectivity index is 2.21. The Labute approximate surface area is 105 Å². The van der Waals surface area contributed by atoms with Crippen molar-refractivity contribution in [2.75, 3.05) is 26.0 Å². The van der Waals surface area contributed by atoms with Gasteiger partial charge in [-0.2, -0.15) is 0 Å². The van der Waals surface area contributed by atoms with Crippen LogP contribution in [0.15, 0.2) is 23.1 Å². The molecule has 1 aromatic rings. The largest absolute Gasteiger partial charge is 0.495 e. The number of carbonyl (C=O) groups excluding carboxylic acids is 1. The smallest absolute Gasteiger partial charge is 0.238 e. The molecule has 0 fully saturated rings. The molecule has 0 saturated carbocycles. The minimum atomic E-state index is -0.0259. The highest BCUT2D eigenvalue weighted by Crippen LogP contribution is 2.41. The summed E-state index contributed by atoms with van der Waals surface area (Å²) in [6.45, 7) is 0.838. The Bertz CT molecular complexity index is 423. The highest BCUT2D eigenvalue weighted by Gasteiger charge is 2.28.